The summed E-state index contributed by atoms with van der Waals surface area (Å²) in [6.45, 7) is 3.74. The predicted octanol–water partition coefficient (Wildman–Crippen LogP) is 3.61. The lowest BCUT2D eigenvalue weighted by Gasteiger charge is -2.16. The van der Waals surface area contributed by atoms with Gasteiger partial charge in [-0.1, -0.05) is 37.3 Å². The molecule has 0 spiro atoms. The first-order valence-corrected chi connectivity index (χ1v) is 9.19. The SMILES string of the molecule is CC[C@H](C(=O)Nc1ccc(NC(=O)[C@H](C)n2cncn2)cc1)c1ccccc1. The number of hydrogen-bond acceptors (Lipinski definition) is 4. The summed E-state index contributed by atoms with van der Waals surface area (Å²) in [5.74, 6) is -0.452. The van der Waals surface area contributed by atoms with Crippen molar-refractivity contribution in [2.24, 2.45) is 0 Å². The molecule has 7 heteroatoms. The first-order valence-electron chi connectivity index (χ1n) is 9.19. The molecule has 0 unspecified atom stereocenters. The van der Waals surface area contributed by atoms with E-state index >= 15 is 0 Å². The van der Waals surface area contributed by atoms with E-state index in [-0.39, 0.29) is 17.7 Å². The number of nitrogens with one attached hydrogen (secondary N) is 2. The Morgan fingerprint density at radius 2 is 1.57 bits per heavy atom. The Morgan fingerprint density at radius 3 is 2.11 bits per heavy atom. The number of rotatable bonds is 7. The van der Waals surface area contributed by atoms with E-state index in [2.05, 4.69) is 20.7 Å². The molecule has 0 saturated carbocycles. The highest BCUT2D eigenvalue weighted by Gasteiger charge is 2.19. The molecule has 0 aliphatic heterocycles. The Hall–Kier alpha value is -3.48. The third-order valence-corrected chi connectivity index (χ3v) is 4.56. The van der Waals surface area contributed by atoms with Crippen molar-refractivity contribution in [1.29, 1.82) is 0 Å². The minimum atomic E-state index is -0.474. The van der Waals surface area contributed by atoms with Gasteiger partial charge in [0.2, 0.25) is 11.8 Å². The van der Waals surface area contributed by atoms with Crippen LogP contribution >= 0.6 is 0 Å². The molecule has 0 fully saturated rings. The molecular weight excluding hydrogens is 354 g/mol. The van der Waals surface area contributed by atoms with Gasteiger partial charge in [0.15, 0.2) is 0 Å². The maximum Gasteiger partial charge on any atom is 0.249 e. The monoisotopic (exact) mass is 377 g/mol. The van der Waals surface area contributed by atoms with Crippen LogP contribution in [0.2, 0.25) is 0 Å². The second-order valence-electron chi connectivity index (χ2n) is 6.48. The summed E-state index contributed by atoms with van der Waals surface area (Å²) in [6, 6.07) is 16.3. The van der Waals surface area contributed by atoms with Gasteiger partial charge >= 0.3 is 0 Å². The standard InChI is InChI=1S/C21H23N5O2/c1-3-19(16-7-5-4-6-8-16)21(28)25-18-11-9-17(10-12-18)24-20(27)15(2)26-14-22-13-23-26/h4-15,19H,3H2,1-2H3,(H,24,27)(H,25,28)/t15-,19-/m0/s1. The topological polar surface area (TPSA) is 88.9 Å². The van der Waals surface area contributed by atoms with Crippen LogP contribution in [0.1, 0.15) is 37.8 Å². The van der Waals surface area contributed by atoms with E-state index in [0.29, 0.717) is 17.8 Å². The normalized spacial score (nSPS) is 12.8. The second-order valence-corrected chi connectivity index (χ2v) is 6.48. The molecule has 144 valence electrons. The highest BCUT2D eigenvalue weighted by atomic mass is 16.2. The fraction of sp³-hybridized carbons (Fsp3) is 0.238. The van der Waals surface area contributed by atoms with Gasteiger partial charge < -0.3 is 10.6 Å². The van der Waals surface area contributed by atoms with E-state index in [1.54, 1.807) is 31.2 Å². The van der Waals surface area contributed by atoms with Crippen molar-refractivity contribution in [2.75, 3.05) is 10.6 Å². The number of hydrogen-bond donors (Lipinski definition) is 2. The van der Waals surface area contributed by atoms with Gasteiger partial charge in [-0.15, -0.1) is 0 Å². The molecule has 3 rings (SSSR count). The van der Waals surface area contributed by atoms with Crippen molar-refractivity contribution in [3.8, 4) is 0 Å². The van der Waals surface area contributed by atoms with E-state index in [1.165, 1.54) is 17.3 Å². The van der Waals surface area contributed by atoms with E-state index in [0.717, 1.165) is 5.56 Å². The Bertz CT molecular complexity index is 908. The van der Waals surface area contributed by atoms with Crippen LogP contribution in [0.3, 0.4) is 0 Å². The average molecular weight is 377 g/mol. The van der Waals surface area contributed by atoms with Gasteiger partial charge in [-0.05, 0) is 43.2 Å². The predicted molar refractivity (Wildman–Crippen MR) is 108 cm³/mol. The zero-order chi connectivity index (χ0) is 19.9. The van der Waals surface area contributed by atoms with Crippen LogP contribution in [-0.2, 0) is 9.59 Å². The number of aromatic nitrogens is 3. The van der Waals surface area contributed by atoms with Crippen LogP contribution < -0.4 is 10.6 Å². The van der Waals surface area contributed by atoms with Gasteiger partial charge in [-0.2, -0.15) is 5.10 Å². The Morgan fingerprint density at radius 1 is 0.964 bits per heavy atom. The van der Waals surface area contributed by atoms with E-state index in [9.17, 15) is 9.59 Å². The number of amides is 2. The summed E-state index contributed by atoms with van der Waals surface area (Å²) >= 11 is 0. The minimum Gasteiger partial charge on any atom is -0.326 e. The van der Waals surface area contributed by atoms with Gasteiger partial charge in [0.1, 0.15) is 18.7 Å². The minimum absolute atomic E-state index is 0.0507. The first-order chi connectivity index (χ1) is 13.6. The molecule has 1 heterocycles. The molecule has 0 aliphatic carbocycles. The summed E-state index contributed by atoms with van der Waals surface area (Å²) in [7, 11) is 0. The molecule has 1 aromatic heterocycles. The molecule has 3 aromatic rings. The fourth-order valence-electron chi connectivity index (χ4n) is 2.91. The van der Waals surface area contributed by atoms with Crippen LogP contribution in [-0.4, -0.2) is 26.6 Å². The van der Waals surface area contributed by atoms with Crippen LogP contribution in [0.25, 0.3) is 0 Å². The van der Waals surface area contributed by atoms with Gasteiger partial charge in [-0.3, -0.25) is 9.59 Å². The molecule has 0 bridgehead atoms. The van der Waals surface area contributed by atoms with Crippen LogP contribution in [0.5, 0.6) is 0 Å². The molecular formula is C21H23N5O2. The van der Waals surface area contributed by atoms with Crippen LogP contribution in [0.15, 0.2) is 67.3 Å². The van der Waals surface area contributed by atoms with Crippen molar-refractivity contribution in [1.82, 2.24) is 14.8 Å². The smallest absolute Gasteiger partial charge is 0.249 e. The summed E-state index contributed by atoms with van der Waals surface area (Å²) in [5.41, 5.74) is 2.32. The maximum atomic E-state index is 12.6. The third-order valence-electron chi connectivity index (χ3n) is 4.56. The number of carbonyl (C=O) groups excluding carboxylic acids is 2. The largest absolute Gasteiger partial charge is 0.326 e. The Labute approximate surface area is 163 Å². The maximum absolute atomic E-state index is 12.6. The second kappa shape index (κ2) is 8.94. The van der Waals surface area contributed by atoms with Crippen LogP contribution in [0, 0.1) is 0 Å². The number of anilines is 2. The fourth-order valence-corrected chi connectivity index (χ4v) is 2.91. The molecule has 7 nitrogen and oxygen atoms in total. The van der Waals surface area contributed by atoms with Crippen molar-refractivity contribution in [3.05, 3.63) is 72.8 Å². The van der Waals surface area contributed by atoms with Crippen molar-refractivity contribution < 1.29 is 9.59 Å². The summed E-state index contributed by atoms with van der Waals surface area (Å²) in [5, 5.41) is 9.75. The molecule has 0 aliphatic rings. The molecule has 28 heavy (non-hydrogen) atoms. The Kier molecular flexibility index (Phi) is 6.16. The number of benzene rings is 2. The van der Waals surface area contributed by atoms with Gasteiger partial charge in [-0.25, -0.2) is 9.67 Å². The van der Waals surface area contributed by atoms with Crippen molar-refractivity contribution in [2.45, 2.75) is 32.2 Å². The Balaban J connectivity index is 1.61. The molecule has 0 radical (unpaired) electrons. The molecule has 2 atom stereocenters. The van der Waals surface area contributed by atoms with Crippen molar-refractivity contribution >= 4 is 23.2 Å². The summed E-state index contributed by atoms with van der Waals surface area (Å²) < 4.78 is 1.48. The van der Waals surface area contributed by atoms with Crippen molar-refractivity contribution in [3.63, 3.8) is 0 Å². The van der Waals surface area contributed by atoms with Gasteiger partial charge in [0.25, 0.3) is 0 Å². The number of carbonyl (C=O) groups is 2. The highest BCUT2D eigenvalue weighted by Crippen LogP contribution is 2.22. The zero-order valence-electron chi connectivity index (χ0n) is 15.9. The van der Waals surface area contributed by atoms with Gasteiger partial charge in [0, 0.05) is 11.4 Å². The lowest BCUT2D eigenvalue weighted by Crippen LogP contribution is -2.24. The van der Waals surface area contributed by atoms with E-state index in [1.807, 2.05) is 37.3 Å². The van der Waals surface area contributed by atoms with E-state index in [4.69, 9.17) is 0 Å². The van der Waals surface area contributed by atoms with Gasteiger partial charge in [0.05, 0.1) is 5.92 Å². The van der Waals surface area contributed by atoms with E-state index < -0.39 is 6.04 Å². The quantitative estimate of drug-likeness (QED) is 0.658. The summed E-state index contributed by atoms with van der Waals surface area (Å²) in [6.07, 6.45) is 3.60. The lowest BCUT2D eigenvalue weighted by atomic mass is 9.95. The first kappa shape index (κ1) is 19.3. The third kappa shape index (κ3) is 4.62. The highest BCUT2D eigenvalue weighted by molar-refractivity contribution is 5.97. The molecule has 2 N–H and O–H groups in total. The molecule has 2 amide bonds. The lowest BCUT2D eigenvalue weighted by molar-refractivity contribution is -0.119. The summed E-state index contributed by atoms with van der Waals surface area (Å²) in [4.78, 5) is 28.8. The van der Waals surface area contributed by atoms with Crippen LogP contribution in [0.4, 0.5) is 11.4 Å². The number of nitrogens with zero attached hydrogens (tertiary/aromatic N) is 3. The molecule has 2 aromatic carbocycles. The average Bonchev–Trinajstić information content (AvgIpc) is 3.25. The molecule has 0 saturated heterocycles. The zero-order valence-corrected chi connectivity index (χ0v) is 15.9.